The topological polar surface area (TPSA) is 67.7 Å². The number of likely N-dealkylation sites (tertiary alicyclic amines) is 1. The highest BCUT2D eigenvalue weighted by Crippen LogP contribution is 2.32. The molecule has 10 heteroatoms. The van der Waals surface area contributed by atoms with E-state index in [9.17, 15) is 22.8 Å². The molecule has 2 saturated heterocycles. The van der Waals surface area contributed by atoms with Gasteiger partial charge in [0.1, 0.15) is 19.0 Å². The van der Waals surface area contributed by atoms with Crippen LogP contribution in [0.5, 0.6) is 0 Å². The fourth-order valence-electron chi connectivity index (χ4n) is 4.19. The molecule has 1 unspecified atom stereocenters. The molecule has 162 valence electrons. The van der Waals surface area contributed by atoms with Crippen molar-refractivity contribution >= 4 is 16.8 Å². The SMILES string of the molecule is O=C1COCCN1CCN1CCCC1c1nc2ccccc2c(=O)n1CC(F)(F)F. The van der Waals surface area contributed by atoms with Crippen LogP contribution in [0.2, 0.25) is 0 Å². The molecule has 2 aromatic rings. The summed E-state index contributed by atoms with van der Waals surface area (Å²) in [6.45, 7) is 1.32. The standard InChI is InChI=1S/C20H23F3N4O3/c21-20(22,23)13-27-18(24-15-5-2-1-4-14(15)19(27)29)16-6-3-7-25(16)8-9-26-10-11-30-12-17(26)28/h1-2,4-5,16H,3,6-13H2. The number of rotatable bonds is 5. The Morgan fingerprint density at radius 1 is 1.13 bits per heavy atom. The molecule has 3 heterocycles. The normalized spacial score (nSPS) is 21.0. The van der Waals surface area contributed by atoms with Crippen molar-refractivity contribution in [2.45, 2.75) is 31.6 Å². The smallest absolute Gasteiger partial charge is 0.370 e. The molecule has 1 aromatic carbocycles. The number of amides is 1. The van der Waals surface area contributed by atoms with E-state index in [4.69, 9.17) is 4.74 Å². The van der Waals surface area contributed by atoms with Gasteiger partial charge in [0.25, 0.3) is 5.56 Å². The minimum atomic E-state index is -4.54. The van der Waals surface area contributed by atoms with E-state index in [0.717, 1.165) is 11.0 Å². The summed E-state index contributed by atoms with van der Waals surface area (Å²) in [6.07, 6.45) is -3.14. The molecule has 1 atom stereocenters. The van der Waals surface area contributed by atoms with Gasteiger partial charge in [0.2, 0.25) is 5.91 Å². The second kappa shape index (κ2) is 8.35. The van der Waals surface area contributed by atoms with Gasteiger partial charge in [-0.25, -0.2) is 4.98 Å². The lowest BCUT2D eigenvalue weighted by atomic mass is 10.1. The Morgan fingerprint density at radius 2 is 1.93 bits per heavy atom. The first-order valence-corrected chi connectivity index (χ1v) is 9.99. The third kappa shape index (κ3) is 4.34. The maximum absolute atomic E-state index is 13.3. The number of ether oxygens (including phenoxy) is 1. The molecule has 0 aliphatic carbocycles. The summed E-state index contributed by atoms with van der Waals surface area (Å²) in [5, 5.41) is 0.175. The maximum Gasteiger partial charge on any atom is 0.406 e. The lowest BCUT2D eigenvalue weighted by Gasteiger charge is -2.31. The Balaban J connectivity index is 1.65. The third-order valence-corrected chi connectivity index (χ3v) is 5.63. The van der Waals surface area contributed by atoms with Crippen LogP contribution in [-0.2, 0) is 16.1 Å². The molecule has 2 fully saturated rings. The predicted molar refractivity (Wildman–Crippen MR) is 103 cm³/mol. The van der Waals surface area contributed by atoms with Crippen LogP contribution in [0.15, 0.2) is 29.1 Å². The summed E-state index contributed by atoms with van der Waals surface area (Å²) >= 11 is 0. The van der Waals surface area contributed by atoms with E-state index in [1.807, 2.05) is 4.90 Å². The van der Waals surface area contributed by atoms with Crippen LogP contribution in [0, 0.1) is 0 Å². The van der Waals surface area contributed by atoms with Gasteiger partial charge in [-0.2, -0.15) is 13.2 Å². The molecule has 2 aliphatic rings. The first-order chi connectivity index (χ1) is 14.3. The first kappa shape index (κ1) is 20.8. The maximum atomic E-state index is 13.3. The van der Waals surface area contributed by atoms with Crippen LogP contribution in [0.4, 0.5) is 13.2 Å². The minimum absolute atomic E-state index is 0.0563. The molecule has 0 spiro atoms. The van der Waals surface area contributed by atoms with Crippen molar-refractivity contribution in [2.75, 3.05) is 39.4 Å². The molecule has 0 saturated carbocycles. The van der Waals surface area contributed by atoms with E-state index in [-0.39, 0.29) is 23.7 Å². The van der Waals surface area contributed by atoms with E-state index >= 15 is 0 Å². The number of nitrogens with zero attached hydrogens (tertiary/aromatic N) is 4. The lowest BCUT2D eigenvalue weighted by Crippen LogP contribution is -2.45. The van der Waals surface area contributed by atoms with Crippen molar-refractivity contribution in [1.82, 2.24) is 19.4 Å². The molecule has 0 N–H and O–H groups in total. The van der Waals surface area contributed by atoms with Crippen molar-refractivity contribution in [1.29, 1.82) is 0 Å². The van der Waals surface area contributed by atoms with E-state index < -0.39 is 24.3 Å². The molecule has 1 amide bonds. The van der Waals surface area contributed by atoms with Crippen molar-refractivity contribution in [3.8, 4) is 0 Å². The average molecular weight is 424 g/mol. The van der Waals surface area contributed by atoms with Crippen LogP contribution >= 0.6 is 0 Å². The Labute approximate surface area is 171 Å². The van der Waals surface area contributed by atoms with Crippen LogP contribution in [-0.4, -0.2) is 70.8 Å². The minimum Gasteiger partial charge on any atom is -0.370 e. The van der Waals surface area contributed by atoms with E-state index in [1.54, 1.807) is 23.1 Å². The van der Waals surface area contributed by atoms with Crippen molar-refractivity contribution in [2.24, 2.45) is 0 Å². The van der Waals surface area contributed by atoms with Gasteiger partial charge in [-0.05, 0) is 31.5 Å². The number of para-hydroxylation sites is 1. The van der Waals surface area contributed by atoms with Gasteiger partial charge in [-0.3, -0.25) is 19.1 Å². The molecule has 2 aliphatic heterocycles. The van der Waals surface area contributed by atoms with Crippen LogP contribution in [0.3, 0.4) is 0 Å². The molecule has 30 heavy (non-hydrogen) atoms. The summed E-state index contributed by atoms with van der Waals surface area (Å²) < 4.78 is 45.7. The first-order valence-electron chi connectivity index (χ1n) is 9.99. The largest absolute Gasteiger partial charge is 0.406 e. The van der Waals surface area contributed by atoms with Crippen LogP contribution < -0.4 is 5.56 Å². The van der Waals surface area contributed by atoms with Crippen molar-refractivity contribution in [3.63, 3.8) is 0 Å². The molecular formula is C20H23F3N4O3. The monoisotopic (exact) mass is 424 g/mol. The van der Waals surface area contributed by atoms with Crippen LogP contribution in [0.1, 0.15) is 24.7 Å². The highest BCUT2D eigenvalue weighted by Gasteiger charge is 2.35. The lowest BCUT2D eigenvalue weighted by molar-refractivity contribution is -0.143. The van der Waals surface area contributed by atoms with Gasteiger partial charge in [0.05, 0.1) is 23.6 Å². The van der Waals surface area contributed by atoms with Crippen molar-refractivity contribution in [3.05, 3.63) is 40.4 Å². The number of carbonyl (C=O) groups is 1. The fourth-order valence-corrected chi connectivity index (χ4v) is 4.19. The summed E-state index contributed by atoms with van der Waals surface area (Å²) in [5.74, 6) is 0.0524. The molecule has 7 nitrogen and oxygen atoms in total. The Morgan fingerprint density at radius 3 is 2.70 bits per heavy atom. The van der Waals surface area contributed by atoms with E-state index in [1.165, 1.54) is 6.07 Å². The van der Waals surface area contributed by atoms with Gasteiger partial charge >= 0.3 is 6.18 Å². The highest BCUT2D eigenvalue weighted by atomic mass is 19.4. The molecule has 0 bridgehead atoms. The number of halogens is 3. The van der Waals surface area contributed by atoms with Crippen LogP contribution in [0.25, 0.3) is 10.9 Å². The third-order valence-electron chi connectivity index (χ3n) is 5.63. The Hall–Kier alpha value is -2.46. The van der Waals surface area contributed by atoms with E-state index in [0.29, 0.717) is 44.7 Å². The molecular weight excluding hydrogens is 401 g/mol. The second-order valence-electron chi connectivity index (χ2n) is 7.62. The Bertz CT molecular complexity index is 991. The van der Waals surface area contributed by atoms with Gasteiger partial charge in [-0.15, -0.1) is 0 Å². The number of fused-ring (bicyclic) bond motifs is 1. The summed E-state index contributed by atoms with van der Waals surface area (Å²) in [5.41, 5.74) is -0.283. The molecule has 4 rings (SSSR count). The van der Waals surface area contributed by atoms with Gasteiger partial charge in [-0.1, -0.05) is 12.1 Å². The molecule has 0 radical (unpaired) electrons. The number of morpholine rings is 1. The number of hydrogen-bond acceptors (Lipinski definition) is 5. The Kier molecular flexibility index (Phi) is 5.79. The second-order valence-corrected chi connectivity index (χ2v) is 7.62. The van der Waals surface area contributed by atoms with E-state index in [2.05, 4.69) is 4.98 Å². The van der Waals surface area contributed by atoms with Gasteiger partial charge in [0, 0.05) is 19.6 Å². The predicted octanol–water partition coefficient (Wildman–Crippen LogP) is 1.95. The number of benzene rings is 1. The number of carbonyl (C=O) groups excluding carboxylic acids is 1. The number of hydrogen-bond donors (Lipinski definition) is 0. The van der Waals surface area contributed by atoms with Gasteiger partial charge in [0.15, 0.2) is 0 Å². The van der Waals surface area contributed by atoms with Crippen molar-refractivity contribution < 1.29 is 22.7 Å². The summed E-state index contributed by atoms with van der Waals surface area (Å²) in [6, 6.07) is 6.07. The summed E-state index contributed by atoms with van der Waals surface area (Å²) in [4.78, 5) is 33.0. The molecule has 1 aromatic heterocycles. The zero-order valence-electron chi connectivity index (χ0n) is 16.4. The fraction of sp³-hybridized carbons (Fsp3) is 0.550. The number of aromatic nitrogens is 2. The zero-order chi connectivity index (χ0) is 21.3. The quantitative estimate of drug-likeness (QED) is 0.734. The zero-order valence-corrected chi connectivity index (χ0v) is 16.4. The number of alkyl halides is 3. The highest BCUT2D eigenvalue weighted by molar-refractivity contribution is 5.78. The average Bonchev–Trinajstić information content (AvgIpc) is 3.17. The summed E-state index contributed by atoms with van der Waals surface area (Å²) in [7, 11) is 0. The van der Waals surface area contributed by atoms with Gasteiger partial charge < -0.3 is 9.64 Å².